The lowest BCUT2D eigenvalue weighted by atomic mass is 9.95. The summed E-state index contributed by atoms with van der Waals surface area (Å²) in [6, 6.07) is 16.4. The fraction of sp³-hybridized carbons (Fsp3) is 0.125. The van der Waals surface area contributed by atoms with Crippen molar-refractivity contribution in [3.05, 3.63) is 100 Å². The number of methoxy groups -OCH3 is 1. The van der Waals surface area contributed by atoms with Crippen LogP contribution in [0.25, 0.3) is 5.76 Å². The molecule has 0 saturated carbocycles. The Kier molecular flexibility index (Phi) is 5.73. The molecule has 1 saturated heterocycles. The first-order chi connectivity index (χ1) is 15.0. The van der Waals surface area contributed by atoms with E-state index >= 15 is 0 Å². The maximum absolute atomic E-state index is 13.1. The van der Waals surface area contributed by atoms with Gasteiger partial charge in [0.25, 0.3) is 11.7 Å². The summed E-state index contributed by atoms with van der Waals surface area (Å²) in [4.78, 5) is 31.6. The number of ether oxygens (including phenoxy) is 1. The Labute approximate surface area is 184 Å². The van der Waals surface area contributed by atoms with Crippen LogP contribution < -0.4 is 4.74 Å². The number of halogens is 1. The van der Waals surface area contributed by atoms with E-state index in [0.29, 0.717) is 21.9 Å². The number of hydrogen-bond acceptors (Lipinski definition) is 5. The molecule has 6 nitrogen and oxygen atoms in total. The number of carbonyl (C=O) groups excluding carboxylic acids is 2. The molecule has 1 fully saturated rings. The lowest BCUT2D eigenvalue weighted by molar-refractivity contribution is -0.140. The van der Waals surface area contributed by atoms with E-state index in [1.165, 1.54) is 12.0 Å². The minimum absolute atomic E-state index is 0.00408. The van der Waals surface area contributed by atoms with Crippen LogP contribution in [0, 0.1) is 0 Å². The summed E-state index contributed by atoms with van der Waals surface area (Å²) in [6.45, 7) is 0.159. The number of rotatable bonds is 5. The van der Waals surface area contributed by atoms with Crippen molar-refractivity contribution < 1.29 is 19.4 Å². The van der Waals surface area contributed by atoms with Crippen molar-refractivity contribution in [2.45, 2.75) is 12.6 Å². The Morgan fingerprint density at radius 2 is 1.94 bits per heavy atom. The van der Waals surface area contributed by atoms with Gasteiger partial charge in [0.2, 0.25) is 0 Å². The molecule has 0 spiro atoms. The van der Waals surface area contributed by atoms with E-state index in [4.69, 9.17) is 16.3 Å². The van der Waals surface area contributed by atoms with Crippen molar-refractivity contribution in [1.29, 1.82) is 0 Å². The summed E-state index contributed by atoms with van der Waals surface area (Å²) in [5.74, 6) is -1.15. The third kappa shape index (κ3) is 4.02. The third-order valence-corrected chi connectivity index (χ3v) is 5.36. The van der Waals surface area contributed by atoms with Crippen molar-refractivity contribution in [3.8, 4) is 5.75 Å². The van der Waals surface area contributed by atoms with Gasteiger partial charge >= 0.3 is 0 Å². The monoisotopic (exact) mass is 434 g/mol. The van der Waals surface area contributed by atoms with Gasteiger partial charge in [-0.05, 0) is 41.5 Å². The van der Waals surface area contributed by atoms with Gasteiger partial charge in [-0.3, -0.25) is 14.6 Å². The molecule has 1 aliphatic heterocycles. The smallest absolute Gasteiger partial charge is 0.295 e. The summed E-state index contributed by atoms with van der Waals surface area (Å²) in [5.41, 5.74) is 1.77. The average molecular weight is 435 g/mol. The highest BCUT2D eigenvalue weighted by molar-refractivity contribution is 6.46. The molecular weight excluding hydrogens is 416 g/mol. The van der Waals surface area contributed by atoms with E-state index in [9.17, 15) is 14.7 Å². The van der Waals surface area contributed by atoms with Crippen molar-refractivity contribution >= 4 is 29.1 Å². The van der Waals surface area contributed by atoms with Crippen molar-refractivity contribution in [2.75, 3.05) is 7.11 Å². The van der Waals surface area contributed by atoms with Crippen LogP contribution in [-0.4, -0.2) is 33.8 Å². The van der Waals surface area contributed by atoms with Gasteiger partial charge in [-0.2, -0.15) is 0 Å². The van der Waals surface area contributed by atoms with E-state index in [1.807, 2.05) is 6.07 Å². The molecule has 1 aromatic heterocycles. The van der Waals surface area contributed by atoms with E-state index in [0.717, 1.165) is 5.56 Å². The minimum Gasteiger partial charge on any atom is -0.507 e. The second-order valence-corrected chi connectivity index (χ2v) is 7.51. The fourth-order valence-corrected chi connectivity index (χ4v) is 3.87. The van der Waals surface area contributed by atoms with Crippen molar-refractivity contribution in [3.63, 3.8) is 0 Å². The molecule has 156 valence electrons. The van der Waals surface area contributed by atoms with Crippen LogP contribution in [0.15, 0.2) is 78.6 Å². The van der Waals surface area contributed by atoms with Crippen molar-refractivity contribution in [1.82, 2.24) is 9.88 Å². The zero-order chi connectivity index (χ0) is 22.0. The van der Waals surface area contributed by atoms with Gasteiger partial charge < -0.3 is 14.7 Å². The third-order valence-electron chi connectivity index (χ3n) is 5.12. The SMILES string of the molecule is COc1cccc(C2/C(=C(/O)c3cccc(Cl)c3)C(=O)C(=O)N2Cc2cccnc2)c1. The number of amides is 1. The second kappa shape index (κ2) is 8.62. The Morgan fingerprint density at radius 1 is 1.13 bits per heavy atom. The first-order valence-electron chi connectivity index (χ1n) is 9.57. The number of aliphatic hydroxyl groups excluding tert-OH is 1. The van der Waals surface area contributed by atoms with E-state index in [2.05, 4.69) is 4.98 Å². The molecule has 2 heterocycles. The number of carbonyl (C=O) groups is 2. The molecule has 1 aliphatic rings. The number of hydrogen-bond donors (Lipinski definition) is 1. The molecule has 31 heavy (non-hydrogen) atoms. The molecule has 3 aromatic rings. The first kappa shape index (κ1) is 20.6. The Hall–Kier alpha value is -3.64. The summed E-state index contributed by atoms with van der Waals surface area (Å²) in [6.07, 6.45) is 3.27. The molecular formula is C24H19ClN2O4. The van der Waals surface area contributed by atoms with Gasteiger partial charge in [-0.1, -0.05) is 41.9 Å². The average Bonchev–Trinajstić information content (AvgIpc) is 3.04. The molecule has 7 heteroatoms. The predicted octanol–water partition coefficient (Wildman–Crippen LogP) is 4.37. The largest absolute Gasteiger partial charge is 0.507 e. The highest BCUT2D eigenvalue weighted by atomic mass is 35.5. The van der Waals surface area contributed by atoms with Gasteiger partial charge in [0, 0.05) is 29.5 Å². The molecule has 0 bridgehead atoms. The highest BCUT2D eigenvalue weighted by Gasteiger charge is 2.46. The van der Waals surface area contributed by atoms with Gasteiger partial charge in [0.15, 0.2) is 0 Å². The van der Waals surface area contributed by atoms with Crippen LogP contribution in [0.2, 0.25) is 5.02 Å². The highest BCUT2D eigenvalue weighted by Crippen LogP contribution is 2.41. The first-order valence-corrected chi connectivity index (χ1v) is 9.94. The Morgan fingerprint density at radius 3 is 2.65 bits per heavy atom. The summed E-state index contributed by atoms with van der Waals surface area (Å²) in [7, 11) is 1.54. The summed E-state index contributed by atoms with van der Waals surface area (Å²) >= 11 is 6.07. The normalized spacial score (nSPS) is 17.7. The van der Waals surface area contributed by atoms with Gasteiger partial charge in [-0.25, -0.2) is 0 Å². The van der Waals surface area contributed by atoms with Gasteiger partial charge in [0.1, 0.15) is 11.5 Å². The maximum atomic E-state index is 13.1. The molecule has 4 rings (SSSR count). The number of likely N-dealkylation sites (tertiary alicyclic amines) is 1. The zero-order valence-corrected chi connectivity index (χ0v) is 17.4. The topological polar surface area (TPSA) is 79.7 Å². The van der Waals surface area contributed by atoms with Gasteiger partial charge in [-0.15, -0.1) is 0 Å². The second-order valence-electron chi connectivity index (χ2n) is 7.08. The number of ketones is 1. The van der Waals surface area contributed by atoms with Crippen LogP contribution in [-0.2, 0) is 16.1 Å². The Balaban J connectivity index is 1.88. The number of aliphatic hydroxyl groups is 1. The summed E-state index contributed by atoms with van der Waals surface area (Å²) < 4.78 is 5.32. The van der Waals surface area contributed by atoms with Crippen LogP contribution in [0.5, 0.6) is 5.75 Å². The number of benzene rings is 2. The van der Waals surface area contributed by atoms with E-state index in [-0.39, 0.29) is 17.9 Å². The Bertz CT molecular complexity index is 1180. The van der Waals surface area contributed by atoms with Crippen LogP contribution in [0.4, 0.5) is 0 Å². The number of pyridine rings is 1. The fourth-order valence-electron chi connectivity index (χ4n) is 3.68. The molecule has 1 N–H and O–H groups in total. The van der Waals surface area contributed by atoms with Crippen LogP contribution in [0.3, 0.4) is 0 Å². The van der Waals surface area contributed by atoms with Crippen molar-refractivity contribution in [2.24, 2.45) is 0 Å². The molecule has 1 unspecified atom stereocenters. The van der Waals surface area contributed by atoms with Crippen LogP contribution in [0.1, 0.15) is 22.7 Å². The maximum Gasteiger partial charge on any atom is 0.295 e. The van der Waals surface area contributed by atoms with Gasteiger partial charge in [0.05, 0.1) is 18.7 Å². The quantitative estimate of drug-likeness (QED) is 0.366. The van der Waals surface area contributed by atoms with E-state index in [1.54, 1.807) is 67.0 Å². The standard InChI is InChI=1S/C24H19ClN2O4/c1-31-19-9-3-6-16(12-19)21-20(22(28)17-7-2-8-18(25)11-17)23(29)24(30)27(21)14-15-5-4-10-26-13-15/h2-13,21,28H,14H2,1H3/b22-20-. The number of Topliss-reactive ketones (excluding diaryl/α,β-unsaturated/α-hetero) is 1. The minimum atomic E-state index is -0.797. The lowest BCUT2D eigenvalue weighted by Crippen LogP contribution is -2.29. The predicted molar refractivity (Wildman–Crippen MR) is 117 cm³/mol. The lowest BCUT2D eigenvalue weighted by Gasteiger charge is -2.25. The summed E-state index contributed by atoms with van der Waals surface area (Å²) in [5, 5.41) is 11.5. The van der Waals surface area contributed by atoms with E-state index < -0.39 is 17.7 Å². The number of nitrogens with zero attached hydrogens (tertiary/aromatic N) is 2. The molecule has 0 aliphatic carbocycles. The van der Waals surface area contributed by atoms with Crippen LogP contribution >= 0.6 is 11.6 Å². The zero-order valence-electron chi connectivity index (χ0n) is 16.7. The molecule has 1 atom stereocenters. The molecule has 1 amide bonds. The molecule has 2 aromatic carbocycles. The number of aromatic nitrogens is 1. The molecule has 0 radical (unpaired) electrons.